The summed E-state index contributed by atoms with van der Waals surface area (Å²) in [5.41, 5.74) is 13.1. The van der Waals surface area contributed by atoms with E-state index in [0.717, 1.165) is 0 Å². The van der Waals surface area contributed by atoms with Crippen LogP contribution in [0.4, 0.5) is 5.69 Å². The first-order chi connectivity index (χ1) is 13.0. The van der Waals surface area contributed by atoms with E-state index in [2.05, 4.69) is 4.98 Å². The normalized spacial score (nSPS) is 11.8. The first kappa shape index (κ1) is 18.4. The lowest BCUT2D eigenvalue weighted by Crippen LogP contribution is -2.15. The molecule has 1 heterocycles. The summed E-state index contributed by atoms with van der Waals surface area (Å²) in [6.07, 6.45) is -1.13. The number of carbonyl (C=O) groups excluding carboxylic acids is 1. The van der Waals surface area contributed by atoms with Crippen LogP contribution in [0.25, 0.3) is 11.3 Å². The lowest BCUT2D eigenvalue weighted by molar-refractivity contribution is 0.0948. The first-order valence-corrected chi connectivity index (χ1v) is 8.21. The Balaban J connectivity index is 1.88. The van der Waals surface area contributed by atoms with Crippen LogP contribution in [0.1, 0.15) is 22.2 Å². The molecule has 0 radical (unpaired) electrons. The number of pyridine rings is 1. The fraction of sp³-hybridized carbons (Fsp3) is 0.100. The van der Waals surface area contributed by atoms with Crippen molar-refractivity contribution >= 4 is 11.6 Å². The quantitative estimate of drug-likeness (QED) is 0.495. The lowest BCUT2D eigenvalue weighted by atomic mass is 10.0. The highest BCUT2D eigenvalue weighted by molar-refractivity contribution is 5.91. The largest absolute Gasteiger partial charge is 0.457 e. The molecular formula is C20H19N3O4. The number of anilines is 1. The molecule has 6 N–H and O–H groups in total. The number of carbonyl (C=O) groups is 1. The van der Waals surface area contributed by atoms with Crippen molar-refractivity contribution in [2.24, 2.45) is 5.73 Å². The van der Waals surface area contributed by atoms with Crippen LogP contribution in [0.3, 0.4) is 0 Å². The van der Waals surface area contributed by atoms with Crippen molar-refractivity contribution in [3.63, 3.8) is 0 Å². The standard InChI is InChI=1S/C20H19N3O4/c21-14-3-7-16(8-4-14)27-15-5-1-12(2-6-15)17-9-13(19(25)11-24)10-18(23-17)20(22)26/h1-10,19,24-25H,11,21H2,(H2,22,26)/t19-/m0/s1. The second-order valence-corrected chi connectivity index (χ2v) is 5.93. The highest BCUT2D eigenvalue weighted by Crippen LogP contribution is 2.27. The van der Waals surface area contributed by atoms with Crippen LogP contribution in [0.2, 0.25) is 0 Å². The van der Waals surface area contributed by atoms with Gasteiger partial charge in [0.1, 0.15) is 23.3 Å². The lowest BCUT2D eigenvalue weighted by Gasteiger charge is -2.12. The summed E-state index contributed by atoms with van der Waals surface area (Å²) < 4.78 is 5.74. The van der Waals surface area contributed by atoms with Crippen LogP contribution in [0.15, 0.2) is 60.7 Å². The van der Waals surface area contributed by atoms with E-state index in [1.165, 1.54) is 6.07 Å². The van der Waals surface area contributed by atoms with Gasteiger partial charge in [-0.15, -0.1) is 0 Å². The molecule has 0 aliphatic carbocycles. The maximum atomic E-state index is 11.5. The molecule has 1 atom stereocenters. The van der Waals surface area contributed by atoms with E-state index < -0.39 is 18.6 Å². The Morgan fingerprint density at radius 3 is 2.19 bits per heavy atom. The molecule has 0 aliphatic heterocycles. The second kappa shape index (κ2) is 7.86. The minimum atomic E-state index is -1.13. The van der Waals surface area contributed by atoms with E-state index >= 15 is 0 Å². The number of ether oxygens (including phenoxy) is 1. The number of aromatic nitrogens is 1. The van der Waals surface area contributed by atoms with Gasteiger partial charge >= 0.3 is 0 Å². The second-order valence-electron chi connectivity index (χ2n) is 5.93. The van der Waals surface area contributed by atoms with Gasteiger partial charge in [0.2, 0.25) is 0 Å². The molecule has 27 heavy (non-hydrogen) atoms. The predicted molar refractivity (Wildman–Crippen MR) is 101 cm³/mol. The van der Waals surface area contributed by atoms with Crippen molar-refractivity contribution < 1.29 is 19.7 Å². The third-order valence-electron chi connectivity index (χ3n) is 3.92. The van der Waals surface area contributed by atoms with Crippen LogP contribution in [0.5, 0.6) is 11.5 Å². The Bertz CT molecular complexity index is 940. The van der Waals surface area contributed by atoms with Crippen molar-refractivity contribution in [2.75, 3.05) is 12.3 Å². The summed E-state index contributed by atoms with van der Waals surface area (Å²) in [5, 5.41) is 19.0. The fourth-order valence-corrected chi connectivity index (χ4v) is 2.49. The molecular weight excluding hydrogens is 346 g/mol. The first-order valence-electron chi connectivity index (χ1n) is 8.21. The highest BCUT2D eigenvalue weighted by atomic mass is 16.5. The van der Waals surface area contributed by atoms with Gasteiger partial charge in [0.05, 0.1) is 12.3 Å². The van der Waals surface area contributed by atoms with Crippen molar-refractivity contribution in [3.05, 3.63) is 71.9 Å². The Kier molecular flexibility index (Phi) is 5.35. The number of nitrogen functional groups attached to an aromatic ring is 1. The molecule has 0 aliphatic rings. The SMILES string of the molecule is NC(=O)c1cc([C@@H](O)CO)cc(-c2ccc(Oc3ccc(N)cc3)cc2)n1. The van der Waals surface area contributed by atoms with Gasteiger partial charge in [-0.1, -0.05) is 0 Å². The number of nitrogens with zero attached hydrogens (tertiary/aromatic N) is 1. The third kappa shape index (κ3) is 4.41. The fourth-order valence-electron chi connectivity index (χ4n) is 2.49. The topological polar surface area (TPSA) is 132 Å². The molecule has 3 aromatic rings. The molecule has 0 saturated carbocycles. The van der Waals surface area contributed by atoms with Gasteiger partial charge < -0.3 is 26.4 Å². The maximum absolute atomic E-state index is 11.5. The Morgan fingerprint density at radius 2 is 1.63 bits per heavy atom. The molecule has 2 aromatic carbocycles. The van der Waals surface area contributed by atoms with Crippen LogP contribution < -0.4 is 16.2 Å². The monoisotopic (exact) mass is 365 g/mol. The van der Waals surface area contributed by atoms with E-state index in [1.54, 1.807) is 54.6 Å². The number of hydrogen-bond donors (Lipinski definition) is 4. The average Bonchev–Trinajstić information content (AvgIpc) is 2.69. The van der Waals surface area contributed by atoms with E-state index in [4.69, 9.17) is 21.3 Å². The van der Waals surface area contributed by atoms with Gasteiger partial charge in [0, 0.05) is 11.3 Å². The molecule has 1 aromatic heterocycles. The minimum absolute atomic E-state index is 0.0113. The molecule has 0 saturated heterocycles. The zero-order valence-corrected chi connectivity index (χ0v) is 14.4. The van der Waals surface area contributed by atoms with Crippen LogP contribution in [0, 0.1) is 0 Å². The zero-order chi connectivity index (χ0) is 19.4. The van der Waals surface area contributed by atoms with Crippen LogP contribution in [-0.2, 0) is 0 Å². The number of hydrogen-bond acceptors (Lipinski definition) is 6. The Morgan fingerprint density at radius 1 is 1.04 bits per heavy atom. The molecule has 0 bridgehead atoms. The minimum Gasteiger partial charge on any atom is -0.457 e. The average molecular weight is 365 g/mol. The van der Waals surface area contributed by atoms with Gasteiger partial charge in [0.25, 0.3) is 5.91 Å². The summed E-state index contributed by atoms with van der Waals surface area (Å²) in [5.74, 6) is 0.552. The summed E-state index contributed by atoms with van der Waals surface area (Å²) in [7, 11) is 0. The molecule has 138 valence electrons. The Hall–Kier alpha value is -3.42. The van der Waals surface area contributed by atoms with Crippen LogP contribution >= 0.6 is 0 Å². The zero-order valence-electron chi connectivity index (χ0n) is 14.4. The smallest absolute Gasteiger partial charge is 0.267 e. The van der Waals surface area contributed by atoms with Gasteiger partial charge in [-0.25, -0.2) is 4.98 Å². The molecule has 0 unspecified atom stereocenters. The number of amides is 1. The highest BCUT2D eigenvalue weighted by Gasteiger charge is 2.14. The molecule has 3 rings (SSSR count). The number of rotatable bonds is 6. The maximum Gasteiger partial charge on any atom is 0.267 e. The number of aliphatic hydroxyl groups excluding tert-OH is 2. The van der Waals surface area contributed by atoms with E-state index in [1.807, 2.05) is 0 Å². The number of aliphatic hydroxyl groups is 2. The molecule has 7 nitrogen and oxygen atoms in total. The van der Waals surface area contributed by atoms with Crippen molar-refractivity contribution in [3.8, 4) is 22.8 Å². The van der Waals surface area contributed by atoms with Crippen molar-refractivity contribution in [1.29, 1.82) is 0 Å². The third-order valence-corrected chi connectivity index (χ3v) is 3.92. The summed E-state index contributed by atoms with van der Waals surface area (Å²) in [4.78, 5) is 15.7. The van der Waals surface area contributed by atoms with Crippen molar-refractivity contribution in [2.45, 2.75) is 6.10 Å². The summed E-state index contributed by atoms with van der Waals surface area (Å²) >= 11 is 0. The van der Waals surface area contributed by atoms with E-state index in [-0.39, 0.29) is 5.69 Å². The number of benzene rings is 2. The molecule has 1 amide bonds. The molecule has 0 fully saturated rings. The van der Waals surface area contributed by atoms with Gasteiger partial charge in [-0.05, 0) is 66.2 Å². The number of nitrogens with two attached hydrogens (primary N) is 2. The van der Waals surface area contributed by atoms with Gasteiger partial charge in [-0.3, -0.25) is 4.79 Å². The number of primary amides is 1. The molecule has 7 heteroatoms. The summed E-state index contributed by atoms with van der Waals surface area (Å²) in [6, 6.07) is 17.1. The van der Waals surface area contributed by atoms with E-state index in [0.29, 0.717) is 34.0 Å². The van der Waals surface area contributed by atoms with Crippen LogP contribution in [-0.4, -0.2) is 27.7 Å². The van der Waals surface area contributed by atoms with Crippen molar-refractivity contribution in [1.82, 2.24) is 4.98 Å². The van der Waals surface area contributed by atoms with E-state index in [9.17, 15) is 9.90 Å². The summed E-state index contributed by atoms with van der Waals surface area (Å²) in [6.45, 7) is -0.476. The van der Waals surface area contributed by atoms with Gasteiger partial charge in [0.15, 0.2) is 0 Å². The predicted octanol–water partition coefficient (Wildman–Crippen LogP) is 2.25. The molecule has 0 spiro atoms. The van der Waals surface area contributed by atoms with Gasteiger partial charge in [-0.2, -0.15) is 0 Å². The Labute approximate surface area is 155 Å².